The maximum Gasteiger partial charge on any atom is 0.262 e. The maximum atomic E-state index is 13.1. The monoisotopic (exact) mass is 404 g/mol. The molecule has 6 nitrogen and oxygen atoms in total. The standard InChI is InChI=1S/C22H20N4O2S/c1-14-13-18(15-7-5-4-6-8-15)26-20(23-14)19(22(25-26)29-3)21(27)24-16-9-11-17(28-2)12-10-16/h4-13H,1-3H3,(H,24,27). The fraction of sp³-hybridized carbons (Fsp3) is 0.136. The van der Waals surface area contributed by atoms with Crippen molar-refractivity contribution >= 4 is 29.0 Å². The summed E-state index contributed by atoms with van der Waals surface area (Å²) in [6.07, 6.45) is 1.90. The molecule has 2 heterocycles. The molecule has 0 radical (unpaired) electrons. The lowest BCUT2D eigenvalue weighted by atomic mass is 10.1. The quantitative estimate of drug-likeness (QED) is 0.489. The van der Waals surface area contributed by atoms with Crippen molar-refractivity contribution in [2.24, 2.45) is 0 Å². The number of anilines is 1. The van der Waals surface area contributed by atoms with E-state index in [1.807, 2.05) is 49.6 Å². The summed E-state index contributed by atoms with van der Waals surface area (Å²) >= 11 is 1.42. The van der Waals surface area contributed by atoms with Crippen LogP contribution in [-0.2, 0) is 0 Å². The molecular formula is C22H20N4O2S. The molecule has 2 aromatic carbocycles. The molecule has 0 saturated heterocycles. The van der Waals surface area contributed by atoms with Gasteiger partial charge in [-0.1, -0.05) is 30.3 Å². The fourth-order valence-electron chi connectivity index (χ4n) is 3.14. The summed E-state index contributed by atoms with van der Waals surface area (Å²) in [5.41, 5.74) is 4.42. The van der Waals surface area contributed by atoms with Gasteiger partial charge in [-0.2, -0.15) is 5.10 Å². The number of ether oxygens (including phenoxy) is 1. The molecule has 0 atom stereocenters. The van der Waals surface area contributed by atoms with Gasteiger partial charge in [0.15, 0.2) is 5.65 Å². The molecule has 0 spiro atoms. The number of hydrogen-bond donors (Lipinski definition) is 1. The summed E-state index contributed by atoms with van der Waals surface area (Å²) in [4.78, 5) is 17.8. The van der Waals surface area contributed by atoms with Crippen molar-refractivity contribution in [2.45, 2.75) is 11.9 Å². The van der Waals surface area contributed by atoms with E-state index in [2.05, 4.69) is 15.4 Å². The summed E-state index contributed by atoms with van der Waals surface area (Å²) in [6.45, 7) is 1.92. The second kappa shape index (κ2) is 7.97. The number of methoxy groups -OCH3 is 1. The van der Waals surface area contributed by atoms with Crippen LogP contribution in [0.15, 0.2) is 65.7 Å². The van der Waals surface area contributed by atoms with Crippen LogP contribution >= 0.6 is 11.8 Å². The minimum absolute atomic E-state index is 0.244. The molecule has 0 saturated carbocycles. The lowest BCUT2D eigenvalue weighted by Gasteiger charge is -2.08. The first kappa shape index (κ1) is 19.0. The van der Waals surface area contributed by atoms with Gasteiger partial charge in [-0.05, 0) is 43.5 Å². The molecule has 4 aromatic rings. The van der Waals surface area contributed by atoms with E-state index in [9.17, 15) is 4.79 Å². The normalized spacial score (nSPS) is 10.9. The Morgan fingerprint density at radius 3 is 2.48 bits per heavy atom. The smallest absolute Gasteiger partial charge is 0.262 e. The van der Waals surface area contributed by atoms with Gasteiger partial charge in [0, 0.05) is 16.9 Å². The number of carbonyl (C=O) groups excluding carboxylic acids is 1. The van der Waals surface area contributed by atoms with Crippen LogP contribution in [0.25, 0.3) is 16.9 Å². The molecule has 1 N–H and O–H groups in total. The Bertz CT molecular complexity index is 1170. The number of rotatable bonds is 5. The van der Waals surface area contributed by atoms with Gasteiger partial charge < -0.3 is 10.1 Å². The molecule has 0 bridgehead atoms. The van der Waals surface area contributed by atoms with Crippen LogP contribution in [0.4, 0.5) is 5.69 Å². The van der Waals surface area contributed by atoms with Crippen molar-refractivity contribution in [3.8, 4) is 17.0 Å². The molecule has 0 aliphatic heterocycles. The van der Waals surface area contributed by atoms with Gasteiger partial charge in [-0.25, -0.2) is 9.50 Å². The summed E-state index contributed by atoms with van der Waals surface area (Å²) in [6, 6.07) is 19.2. The molecule has 29 heavy (non-hydrogen) atoms. The third kappa shape index (κ3) is 3.69. The molecule has 146 valence electrons. The van der Waals surface area contributed by atoms with E-state index < -0.39 is 0 Å². The van der Waals surface area contributed by atoms with Crippen LogP contribution in [0, 0.1) is 6.92 Å². The van der Waals surface area contributed by atoms with Gasteiger partial charge in [0.2, 0.25) is 0 Å². The zero-order valence-electron chi connectivity index (χ0n) is 16.3. The third-order valence-corrected chi connectivity index (χ3v) is 5.20. The molecule has 2 aromatic heterocycles. The second-order valence-corrected chi connectivity index (χ2v) is 7.25. The fourth-order valence-corrected chi connectivity index (χ4v) is 3.69. The van der Waals surface area contributed by atoms with Gasteiger partial charge in [-0.15, -0.1) is 11.8 Å². The first-order valence-corrected chi connectivity index (χ1v) is 10.3. The predicted molar refractivity (Wildman–Crippen MR) is 116 cm³/mol. The van der Waals surface area contributed by atoms with Gasteiger partial charge in [0.1, 0.15) is 16.3 Å². The zero-order chi connectivity index (χ0) is 20.4. The lowest BCUT2D eigenvalue weighted by Crippen LogP contribution is -2.13. The third-order valence-electron chi connectivity index (χ3n) is 4.52. The lowest BCUT2D eigenvalue weighted by molar-refractivity contribution is 0.102. The number of amides is 1. The summed E-state index contributed by atoms with van der Waals surface area (Å²) in [5.74, 6) is 0.486. The highest BCUT2D eigenvalue weighted by molar-refractivity contribution is 7.98. The Labute approximate surface area is 172 Å². The maximum absolute atomic E-state index is 13.1. The van der Waals surface area contributed by atoms with Crippen molar-refractivity contribution < 1.29 is 9.53 Å². The van der Waals surface area contributed by atoms with Gasteiger partial charge in [0.05, 0.1) is 12.8 Å². The zero-order valence-corrected chi connectivity index (χ0v) is 17.2. The highest BCUT2D eigenvalue weighted by atomic mass is 32.2. The number of aryl methyl sites for hydroxylation is 1. The number of nitrogens with zero attached hydrogens (tertiary/aromatic N) is 3. The van der Waals surface area contributed by atoms with Crippen LogP contribution in [0.1, 0.15) is 16.1 Å². The van der Waals surface area contributed by atoms with Crippen molar-refractivity contribution in [1.82, 2.24) is 14.6 Å². The Balaban J connectivity index is 1.81. The number of carbonyl (C=O) groups is 1. The Kier molecular flexibility index (Phi) is 5.22. The number of aromatic nitrogens is 3. The van der Waals surface area contributed by atoms with Gasteiger partial charge >= 0.3 is 0 Å². The molecule has 0 aliphatic carbocycles. The molecule has 1 amide bonds. The van der Waals surface area contributed by atoms with E-state index >= 15 is 0 Å². The van der Waals surface area contributed by atoms with Crippen LogP contribution in [-0.4, -0.2) is 33.9 Å². The van der Waals surface area contributed by atoms with Crippen LogP contribution < -0.4 is 10.1 Å². The first-order valence-electron chi connectivity index (χ1n) is 9.06. The first-order chi connectivity index (χ1) is 14.1. The number of fused-ring (bicyclic) bond motifs is 1. The van der Waals surface area contributed by atoms with E-state index in [0.29, 0.717) is 21.9 Å². The van der Waals surface area contributed by atoms with Crippen molar-refractivity contribution in [1.29, 1.82) is 0 Å². The average molecular weight is 404 g/mol. The van der Waals surface area contributed by atoms with E-state index in [-0.39, 0.29) is 5.91 Å². The van der Waals surface area contributed by atoms with Crippen LogP contribution in [0.5, 0.6) is 5.75 Å². The number of thioether (sulfide) groups is 1. The summed E-state index contributed by atoms with van der Waals surface area (Å²) in [7, 11) is 1.61. The van der Waals surface area contributed by atoms with E-state index in [1.54, 1.807) is 35.9 Å². The largest absolute Gasteiger partial charge is 0.497 e. The van der Waals surface area contributed by atoms with Crippen LogP contribution in [0.2, 0.25) is 0 Å². The SMILES string of the molecule is COc1ccc(NC(=O)c2c(SC)nn3c(-c4ccccc4)cc(C)nc23)cc1. The van der Waals surface area contributed by atoms with Gasteiger partial charge in [-0.3, -0.25) is 4.79 Å². The predicted octanol–water partition coefficient (Wildman–Crippen LogP) is 4.69. The van der Waals surface area contributed by atoms with Crippen molar-refractivity contribution in [3.63, 3.8) is 0 Å². The minimum Gasteiger partial charge on any atom is -0.497 e. The van der Waals surface area contributed by atoms with E-state index in [4.69, 9.17) is 4.74 Å². The Morgan fingerprint density at radius 2 is 1.83 bits per heavy atom. The molecule has 7 heteroatoms. The van der Waals surface area contributed by atoms with Crippen molar-refractivity contribution in [3.05, 3.63) is 71.9 Å². The highest BCUT2D eigenvalue weighted by Gasteiger charge is 2.23. The van der Waals surface area contributed by atoms with Crippen molar-refractivity contribution in [2.75, 3.05) is 18.7 Å². The second-order valence-electron chi connectivity index (χ2n) is 6.45. The van der Waals surface area contributed by atoms with E-state index in [1.165, 1.54) is 11.8 Å². The number of benzene rings is 2. The van der Waals surface area contributed by atoms with E-state index in [0.717, 1.165) is 22.7 Å². The van der Waals surface area contributed by atoms with Gasteiger partial charge in [0.25, 0.3) is 5.91 Å². The number of hydrogen-bond acceptors (Lipinski definition) is 5. The topological polar surface area (TPSA) is 68.5 Å². The molecule has 4 rings (SSSR count). The summed E-state index contributed by atoms with van der Waals surface area (Å²) in [5, 5.41) is 8.25. The Hall–Kier alpha value is -3.32. The molecular weight excluding hydrogens is 384 g/mol. The van der Waals surface area contributed by atoms with Crippen LogP contribution in [0.3, 0.4) is 0 Å². The Morgan fingerprint density at radius 1 is 1.10 bits per heavy atom. The number of nitrogens with one attached hydrogen (secondary N) is 1. The summed E-state index contributed by atoms with van der Waals surface area (Å²) < 4.78 is 6.92. The minimum atomic E-state index is -0.244. The molecule has 0 aliphatic rings. The average Bonchev–Trinajstić information content (AvgIpc) is 3.12. The molecule has 0 fully saturated rings. The molecule has 0 unspecified atom stereocenters. The highest BCUT2D eigenvalue weighted by Crippen LogP contribution is 2.29.